The number of hydrogen-bond donors (Lipinski definition) is 2. The zero-order chi connectivity index (χ0) is 24.0. The van der Waals surface area contributed by atoms with Crippen molar-refractivity contribution in [2.24, 2.45) is 0 Å². The molecule has 3 aromatic heterocycles. The minimum Gasteiger partial charge on any atom is -0.386 e. The molecule has 0 spiro atoms. The van der Waals surface area contributed by atoms with Crippen molar-refractivity contribution in [3.05, 3.63) is 59.8 Å². The van der Waals surface area contributed by atoms with E-state index >= 15 is 0 Å². The predicted octanol–water partition coefficient (Wildman–Crippen LogP) is 3.65. The second-order valence-electron chi connectivity index (χ2n) is 9.74. The molecule has 0 bridgehead atoms. The topological polar surface area (TPSA) is 98.2 Å². The van der Waals surface area contributed by atoms with Crippen LogP contribution in [0.5, 0.6) is 0 Å². The maximum absolute atomic E-state index is 13.2. The Morgan fingerprint density at radius 1 is 1.24 bits per heavy atom. The molecule has 1 aliphatic rings. The quantitative estimate of drug-likeness (QED) is 0.474. The van der Waals surface area contributed by atoms with Gasteiger partial charge in [-0.15, -0.1) is 0 Å². The summed E-state index contributed by atoms with van der Waals surface area (Å²) in [5, 5.41) is 12.4. The molecule has 0 aliphatic carbocycles. The zero-order valence-electron chi connectivity index (χ0n) is 20.0. The third-order valence-corrected chi connectivity index (χ3v) is 6.56. The average molecular weight is 459 g/mol. The number of benzene rings is 1. The molecule has 1 fully saturated rings. The number of nitrogens with one attached hydrogen (secondary N) is 1. The Morgan fingerprint density at radius 3 is 2.85 bits per heavy atom. The Morgan fingerprint density at radius 2 is 2.06 bits per heavy atom. The van der Waals surface area contributed by atoms with Crippen LogP contribution in [0.15, 0.2) is 42.7 Å². The van der Waals surface area contributed by atoms with Crippen LogP contribution in [0.4, 0.5) is 5.69 Å². The monoisotopic (exact) mass is 458 g/mol. The molecular formula is C26H30N6O2. The van der Waals surface area contributed by atoms with E-state index in [1.54, 1.807) is 24.2 Å². The number of H-pyrrole nitrogens is 1. The molecule has 2 N–H and O–H groups in total. The lowest BCUT2D eigenvalue weighted by Gasteiger charge is -2.29. The Kier molecular flexibility index (Phi) is 5.48. The van der Waals surface area contributed by atoms with Crippen molar-refractivity contribution in [3.63, 3.8) is 0 Å². The molecule has 1 saturated heterocycles. The number of rotatable bonds is 5. The van der Waals surface area contributed by atoms with E-state index in [2.05, 4.69) is 38.7 Å². The lowest BCUT2D eigenvalue weighted by molar-refractivity contribution is 0.0265. The smallest absolute Gasteiger partial charge is 0.253 e. The van der Waals surface area contributed by atoms with Gasteiger partial charge in [0.2, 0.25) is 0 Å². The van der Waals surface area contributed by atoms with Crippen molar-refractivity contribution >= 4 is 33.5 Å². The second kappa shape index (κ2) is 8.36. The average Bonchev–Trinajstić information content (AvgIpc) is 3.41. The van der Waals surface area contributed by atoms with Crippen LogP contribution in [-0.4, -0.2) is 68.1 Å². The molecule has 0 saturated carbocycles. The first-order chi connectivity index (χ1) is 16.2. The molecule has 0 radical (unpaired) electrons. The largest absolute Gasteiger partial charge is 0.386 e. The number of likely N-dealkylation sites (N-methyl/N-ethyl adjacent to an activating group) is 1. The van der Waals surface area contributed by atoms with E-state index in [4.69, 9.17) is 0 Å². The fourth-order valence-corrected chi connectivity index (χ4v) is 4.80. The highest BCUT2D eigenvalue weighted by atomic mass is 16.3. The highest BCUT2D eigenvalue weighted by Crippen LogP contribution is 2.32. The molecule has 176 valence electrons. The van der Waals surface area contributed by atoms with Gasteiger partial charge in [0.25, 0.3) is 5.91 Å². The van der Waals surface area contributed by atoms with Gasteiger partial charge in [-0.05, 0) is 43.7 Å². The summed E-state index contributed by atoms with van der Waals surface area (Å²) in [7, 11) is 1.75. The van der Waals surface area contributed by atoms with Gasteiger partial charge in [0.05, 0.1) is 23.1 Å². The summed E-state index contributed by atoms with van der Waals surface area (Å²) in [4.78, 5) is 33.7. The van der Waals surface area contributed by atoms with E-state index in [1.165, 1.54) is 0 Å². The number of aliphatic hydroxyl groups is 1. The molecule has 8 nitrogen and oxygen atoms in total. The SMILES string of the molecule is Cc1cc(N2CCC(O)(CN(C)C(=O)c3ccc4nc(C(C)C)[nH]c4c3)C2)c2cnccc2n1. The summed E-state index contributed by atoms with van der Waals surface area (Å²) in [6.45, 7) is 7.52. The van der Waals surface area contributed by atoms with Crippen LogP contribution in [-0.2, 0) is 0 Å². The highest BCUT2D eigenvalue weighted by molar-refractivity contribution is 5.97. The first kappa shape index (κ1) is 22.3. The Bertz CT molecular complexity index is 1380. The Balaban J connectivity index is 1.33. The molecule has 1 aliphatic heterocycles. The summed E-state index contributed by atoms with van der Waals surface area (Å²) < 4.78 is 0. The van der Waals surface area contributed by atoms with Crippen LogP contribution < -0.4 is 4.90 Å². The van der Waals surface area contributed by atoms with Crippen LogP contribution >= 0.6 is 0 Å². The van der Waals surface area contributed by atoms with Gasteiger partial charge in [0, 0.05) is 60.8 Å². The third kappa shape index (κ3) is 4.09. The number of aromatic amines is 1. The standard InChI is InChI=1S/C26H30N6O2/c1-16(2)24-29-21-6-5-18(12-22(21)30-24)25(33)31(4)14-26(34)8-10-32(15-26)23-11-17(3)28-20-7-9-27-13-19(20)23/h5-7,9,11-13,16,34H,8,10,14-15H2,1-4H3,(H,29,30). The number of hydrogen-bond acceptors (Lipinski definition) is 6. The summed E-state index contributed by atoms with van der Waals surface area (Å²) in [5.41, 5.74) is 4.11. The van der Waals surface area contributed by atoms with E-state index in [0.717, 1.165) is 39.1 Å². The van der Waals surface area contributed by atoms with Crippen molar-refractivity contribution in [2.45, 2.75) is 38.7 Å². The fourth-order valence-electron chi connectivity index (χ4n) is 4.80. The number of β-amino-alcohol motifs (C(OH)–C–C–N with tert-alkyl or cyclic N) is 1. The Labute approximate surface area is 198 Å². The number of pyridine rings is 2. The number of fused-ring (bicyclic) bond motifs is 2. The van der Waals surface area contributed by atoms with Crippen molar-refractivity contribution in [1.82, 2.24) is 24.8 Å². The van der Waals surface area contributed by atoms with Crippen LogP contribution in [0.25, 0.3) is 21.9 Å². The molecule has 1 amide bonds. The number of nitrogens with zero attached hydrogens (tertiary/aromatic N) is 5. The van der Waals surface area contributed by atoms with Crippen LogP contribution in [0.2, 0.25) is 0 Å². The van der Waals surface area contributed by atoms with Gasteiger partial charge in [0.15, 0.2) is 0 Å². The van der Waals surface area contributed by atoms with Crippen LogP contribution in [0.3, 0.4) is 0 Å². The van der Waals surface area contributed by atoms with E-state index in [-0.39, 0.29) is 18.4 Å². The van der Waals surface area contributed by atoms with Gasteiger partial charge in [-0.1, -0.05) is 13.8 Å². The number of anilines is 1. The first-order valence-corrected chi connectivity index (χ1v) is 11.7. The number of aryl methyl sites for hydroxylation is 1. The third-order valence-electron chi connectivity index (χ3n) is 6.56. The van der Waals surface area contributed by atoms with E-state index < -0.39 is 5.60 Å². The highest BCUT2D eigenvalue weighted by Gasteiger charge is 2.38. The van der Waals surface area contributed by atoms with Gasteiger partial charge >= 0.3 is 0 Å². The molecule has 1 unspecified atom stereocenters. The van der Waals surface area contributed by atoms with E-state index in [1.807, 2.05) is 37.4 Å². The normalized spacial score (nSPS) is 18.4. The summed E-state index contributed by atoms with van der Waals surface area (Å²) in [5.74, 6) is 1.07. The lowest BCUT2D eigenvalue weighted by atomic mass is 10.0. The Hall–Kier alpha value is -3.52. The molecular weight excluding hydrogens is 428 g/mol. The van der Waals surface area contributed by atoms with Gasteiger partial charge in [-0.3, -0.25) is 14.8 Å². The van der Waals surface area contributed by atoms with Crippen molar-refractivity contribution in [3.8, 4) is 0 Å². The number of aromatic nitrogens is 4. The van der Waals surface area contributed by atoms with Crippen LogP contribution in [0, 0.1) is 6.92 Å². The number of carbonyl (C=O) groups excluding carboxylic acids is 1. The summed E-state index contributed by atoms with van der Waals surface area (Å²) >= 11 is 0. The second-order valence-corrected chi connectivity index (χ2v) is 9.74. The molecule has 1 atom stereocenters. The minimum atomic E-state index is -1.00. The van der Waals surface area contributed by atoms with Gasteiger partial charge < -0.3 is 19.9 Å². The summed E-state index contributed by atoms with van der Waals surface area (Å²) in [6, 6.07) is 9.46. The number of carbonyl (C=O) groups is 1. The maximum Gasteiger partial charge on any atom is 0.253 e. The van der Waals surface area contributed by atoms with Gasteiger partial charge in [-0.2, -0.15) is 0 Å². The van der Waals surface area contributed by atoms with E-state index in [9.17, 15) is 9.90 Å². The summed E-state index contributed by atoms with van der Waals surface area (Å²) in [6.07, 6.45) is 4.13. The van der Waals surface area contributed by atoms with Crippen LogP contribution in [0.1, 0.15) is 48.1 Å². The number of imidazole rings is 1. The fraction of sp³-hybridized carbons (Fsp3) is 0.385. The molecule has 1 aromatic carbocycles. The predicted molar refractivity (Wildman–Crippen MR) is 133 cm³/mol. The zero-order valence-corrected chi connectivity index (χ0v) is 20.0. The van der Waals surface area contributed by atoms with Crippen molar-refractivity contribution < 1.29 is 9.90 Å². The molecule has 4 heterocycles. The molecule has 5 rings (SSSR count). The van der Waals surface area contributed by atoms with Gasteiger partial charge in [0.1, 0.15) is 11.4 Å². The minimum absolute atomic E-state index is 0.121. The van der Waals surface area contributed by atoms with E-state index in [0.29, 0.717) is 25.1 Å². The first-order valence-electron chi connectivity index (χ1n) is 11.7. The molecule has 4 aromatic rings. The maximum atomic E-state index is 13.2. The molecule has 34 heavy (non-hydrogen) atoms. The van der Waals surface area contributed by atoms with Crippen molar-refractivity contribution in [2.75, 3.05) is 31.6 Å². The van der Waals surface area contributed by atoms with Gasteiger partial charge in [-0.25, -0.2) is 4.98 Å². The molecule has 8 heteroatoms. The number of amides is 1. The lowest BCUT2D eigenvalue weighted by Crippen LogP contribution is -2.45. The van der Waals surface area contributed by atoms with Crippen molar-refractivity contribution in [1.29, 1.82) is 0 Å².